The van der Waals surface area contributed by atoms with Crippen LogP contribution in [0, 0.1) is 0 Å². The summed E-state index contributed by atoms with van der Waals surface area (Å²) in [6.45, 7) is 0.407. The van der Waals surface area contributed by atoms with E-state index in [1.807, 2.05) is 0 Å². The first-order valence-electron chi connectivity index (χ1n) is 3.72. The molecule has 14 heavy (non-hydrogen) atoms. The molecule has 0 aromatic heterocycles. The molecule has 8 heteroatoms. The van der Waals surface area contributed by atoms with E-state index in [2.05, 4.69) is 9.83 Å². The van der Waals surface area contributed by atoms with Crippen molar-refractivity contribution >= 4 is 53.3 Å². The Hall–Kier alpha value is -0.0100. The molecule has 0 bridgehead atoms. The van der Waals surface area contributed by atoms with Crippen molar-refractivity contribution in [3.63, 3.8) is 0 Å². The Kier molecular flexibility index (Phi) is 11.2. The number of nitrogens with one attached hydrogen (secondary N) is 1. The van der Waals surface area contributed by atoms with E-state index in [4.69, 9.17) is 28.4 Å². The van der Waals surface area contributed by atoms with Crippen molar-refractivity contribution in [2.75, 3.05) is 6.54 Å². The predicted octanol–water partition coefficient (Wildman–Crippen LogP) is -1.14. The van der Waals surface area contributed by atoms with Crippen molar-refractivity contribution in [3.05, 3.63) is 0 Å². The fourth-order valence-corrected chi connectivity index (χ4v) is 0.931. The summed E-state index contributed by atoms with van der Waals surface area (Å²) in [7, 11) is 0. The Bertz CT molecular complexity index is 198. The van der Waals surface area contributed by atoms with Gasteiger partial charge in [-0.2, -0.15) is 0 Å². The molecule has 0 aliphatic rings. The van der Waals surface area contributed by atoms with Crippen molar-refractivity contribution in [3.8, 4) is 0 Å². The molecule has 0 heterocycles. The quantitative estimate of drug-likeness (QED) is 0.152. The fraction of sp³-hybridized carbons (Fsp3) is 0.667. The van der Waals surface area contributed by atoms with Gasteiger partial charge >= 0.3 is 5.97 Å². The van der Waals surface area contributed by atoms with Crippen LogP contribution in [0.3, 0.4) is 0 Å². The van der Waals surface area contributed by atoms with Crippen LogP contribution in [0.5, 0.6) is 0 Å². The second kappa shape index (κ2) is 9.54. The zero-order valence-electron chi connectivity index (χ0n) is 8.03. The van der Waals surface area contributed by atoms with Gasteiger partial charge in [0.05, 0.1) is 0 Å². The van der Waals surface area contributed by atoms with Crippen LogP contribution in [-0.4, -0.2) is 59.2 Å². The smallest absolute Gasteiger partial charge is 0.321 e. The molecule has 0 amide bonds. The van der Waals surface area contributed by atoms with Gasteiger partial charge in [0.25, 0.3) is 0 Å². The Morgan fingerprint density at radius 2 is 2.14 bits per heavy atom. The maximum absolute atomic E-state index is 10.4. The van der Waals surface area contributed by atoms with Gasteiger partial charge in [0.15, 0.2) is 5.96 Å². The molecule has 77 valence electrons. The first-order valence-corrected chi connectivity index (χ1v) is 4.10. The van der Waals surface area contributed by atoms with Crippen LogP contribution in [0.25, 0.3) is 0 Å². The van der Waals surface area contributed by atoms with Crippen LogP contribution in [0.1, 0.15) is 12.8 Å². The number of rotatable bonds is 6. The largest absolute Gasteiger partial charge is 0.480 e. The van der Waals surface area contributed by atoms with E-state index in [1.54, 1.807) is 0 Å². The average Bonchev–Trinajstić information content (AvgIpc) is 2.03. The first kappa shape index (κ1) is 16.4. The van der Waals surface area contributed by atoms with Gasteiger partial charge < -0.3 is 16.6 Å². The van der Waals surface area contributed by atoms with Crippen LogP contribution in [0.2, 0.25) is 0 Å². The number of hydrogen-bond donors (Lipinski definition) is 4. The van der Waals surface area contributed by atoms with Crippen molar-refractivity contribution in [2.24, 2.45) is 16.5 Å². The summed E-state index contributed by atoms with van der Waals surface area (Å²) in [4.78, 5) is 16.3. The van der Waals surface area contributed by atoms with E-state index in [-0.39, 0.29) is 35.5 Å². The summed E-state index contributed by atoms with van der Waals surface area (Å²) in [5.41, 5.74) is 10.1. The van der Waals surface area contributed by atoms with E-state index in [0.29, 0.717) is 19.4 Å². The van der Waals surface area contributed by atoms with Crippen molar-refractivity contribution in [2.45, 2.75) is 18.9 Å². The van der Waals surface area contributed by atoms with Gasteiger partial charge in [-0.3, -0.25) is 9.79 Å². The molecule has 1 atom stereocenters. The molecule has 0 unspecified atom stereocenters. The van der Waals surface area contributed by atoms with Gasteiger partial charge in [-0.05, 0) is 24.6 Å². The molecule has 6 N–H and O–H groups in total. The van der Waals surface area contributed by atoms with Gasteiger partial charge in [0, 0.05) is 36.1 Å². The number of nitrogens with two attached hydrogens (primary N) is 2. The molecule has 0 fully saturated rings. The molecule has 0 aliphatic carbocycles. The average molecular weight is 232 g/mol. The predicted molar refractivity (Wildman–Crippen MR) is 56.1 cm³/mol. The van der Waals surface area contributed by atoms with Gasteiger partial charge in [-0.15, -0.1) is 0 Å². The molecular formula is C6H13ClN4NaO2. The molecular weight excluding hydrogens is 219 g/mol. The summed E-state index contributed by atoms with van der Waals surface area (Å²) >= 11 is 5.19. The Labute approximate surface area is 109 Å². The standard InChI is InChI=1S/C6H13ClN4O2.Na/c7-11-4(5(12)13)2-1-3-10-6(8)9;/h4,11H,1-3H2,(H,12,13)(H4,8,9,10);/t4-;/m0./s1. The van der Waals surface area contributed by atoms with Gasteiger partial charge in [-0.25, -0.2) is 4.84 Å². The molecule has 0 aliphatic heterocycles. The van der Waals surface area contributed by atoms with E-state index in [1.165, 1.54) is 0 Å². The summed E-state index contributed by atoms with van der Waals surface area (Å²) in [6.07, 6.45) is 0.949. The minimum Gasteiger partial charge on any atom is -0.480 e. The Balaban J connectivity index is 0. The summed E-state index contributed by atoms with van der Waals surface area (Å²) < 4.78 is 0. The van der Waals surface area contributed by atoms with Crippen molar-refractivity contribution < 1.29 is 9.90 Å². The van der Waals surface area contributed by atoms with Gasteiger partial charge in [0.1, 0.15) is 6.04 Å². The maximum atomic E-state index is 10.4. The van der Waals surface area contributed by atoms with Gasteiger partial charge in [-0.1, -0.05) is 0 Å². The number of nitrogens with zero attached hydrogens (tertiary/aromatic N) is 1. The number of guanidine groups is 1. The van der Waals surface area contributed by atoms with Crippen LogP contribution in [-0.2, 0) is 4.79 Å². The molecule has 0 rings (SSSR count). The van der Waals surface area contributed by atoms with E-state index >= 15 is 0 Å². The van der Waals surface area contributed by atoms with E-state index in [0.717, 1.165) is 0 Å². The number of halogens is 1. The molecule has 0 aromatic rings. The minimum absolute atomic E-state index is 0. The summed E-state index contributed by atoms with van der Waals surface area (Å²) in [6, 6.07) is -0.754. The summed E-state index contributed by atoms with van der Waals surface area (Å²) in [5.74, 6) is -0.981. The van der Waals surface area contributed by atoms with E-state index < -0.39 is 12.0 Å². The first-order chi connectivity index (χ1) is 6.07. The number of carboxylic acids is 1. The molecule has 6 nitrogen and oxygen atoms in total. The third kappa shape index (κ3) is 8.58. The summed E-state index contributed by atoms with van der Waals surface area (Å²) in [5, 5.41) is 8.55. The molecule has 0 saturated heterocycles. The molecule has 0 aromatic carbocycles. The van der Waals surface area contributed by atoms with E-state index in [9.17, 15) is 4.79 Å². The maximum Gasteiger partial charge on any atom is 0.321 e. The van der Waals surface area contributed by atoms with Gasteiger partial charge in [0.2, 0.25) is 0 Å². The molecule has 1 radical (unpaired) electrons. The number of carbonyl (C=O) groups is 1. The normalized spacial score (nSPS) is 11.2. The van der Waals surface area contributed by atoms with Crippen molar-refractivity contribution in [1.29, 1.82) is 0 Å². The van der Waals surface area contributed by atoms with Crippen LogP contribution in [0.15, 0.2) is 4.99 Å². The second-order valence-electron chi connectivity index (χ2n) is 2.45. The molecule has 0 saturated carbocycles. The Morgan fingerprint density at radius 1 is 1.57 bits per heavy atom. The zero-order chi connectivity index (χ0) is 10.3. The van der Waals surface area contributed by atoms with Crippen LogP contribution in [0.4, 0.5) is 0 Å². The second-order valence-corrected chi connectivity index (χ2v) is 2.67. The van der Waals surface area contributed by atoms with Crippen LogP contribution < -0.4 is 16.3 Å². The zero-order valence-corrected chi connectivity index (χ0v) is 10.8. The fourth-order valence-electron chi connectivity index (χ4n) is 0.728. The Morgan fingerprint density at radius 3 is 2.50 bits per heavy atom. The number of aliphatic carboxylic acids is 1. The third-order valence-corrected chi connectivity index (χ3v) is 1.64. The minimum atomic E-state index is -0.986. The monoisotopic (exact) mass is 231 g/mol. The number of hydrogen-bond acceptors (Lipinski definition) is 3. The van der Waals surface area contributed by atoms with Crippen LogP contribution >= 0.6 is 11.8 Å². The molecule has 0 spiro atoms. The third-order valence-electron chi connectivity index (χ3n) is 1.38. The SMILES string of the molecule is NC(N)=NCCC[C@H](NCl)C(=O)O.[Na]. The van der Waals surface area contributed by atoms with Crippen molar-refractivity contribution in [1.82, 2.24) is 4.84 Å². The topological polar surface area (TPSA) is 114 Å². The number of aliphatic imine (C=N–C) groups is 1. The number of carboxylic acid groups (broad SMARTS) is 1.